The minimum absolute atomic E-state index is 0.740. The number of rotatable bonds is 7. The highest BCUT2D eigenvalue weighted by molar-refractivity contribution is 5.79. The Hall–Kier alpha value is -0.770. The third-order valence-corrected chi connectivity index (χ3v) is 4.00. The molecule has 0 saturated carbocycles. The second-order valence-corrected chi connectivity index (χ2v) is 6.41. The summed E-state index contributed by atoms with van der Waals surface area (Å²) in [5.74, 6) is 2.60. The predicted octanol–water partition coefficient (Wildman–Crippen LogP) is 2.32. The molecule has 0 spiro atoms. The van der Waals surface area contributed by atoms with Gasteiger partial charge in [0.15, 0.2) is 5.96 Å². The lowest BCUT2D eigenvalue weighted by atomic mass is 9.94. The van der Waals surface area contributed by atoms with Gasteiger partial charge in [-0.2, -0.15) is 0 Å². The molecule has 1 aliphatic heterocycles. The highest BCUT2D eigenvalue weighted by atomic mass is 15.2. The van der Waals surface area contributed by atoms with Gasteiger partial charge in [-0.25, -0.2) is 0 Å². The zero-order valence-corrected chi connectivity index (χ0v) is 13.9. The number of hydrogen-bond acceptors (Lipinski definition) is 2. The Morgan fingerprint density at radius 2 is 1.95 bits per heavy atom. The number of aliphatic imine (C=N–C) groups is 1. The highest BCUT2D eigenvalue weighted by Crippen LogP contribution is 2.19. The Labute approximate surface area is 125 Å². The van der Waals surface area contributed by atoms with Crippen molar-refractivity contribution >= 4 is 5.96 Å². The maximum Gasteiger partial charge on any atom is 0.191 e. The van der Waals surface area contributed by atoms with Gasteiger partial charge in [-0.05, 0) is 64.6 Å². The molecule has 0 aromatic carbocycles. The van der Waals surface area contributed by atoms with Crippen LogP contribution in [0.4, 0.5) is 0 Å². The number of nitrogens with zero attached hydrogens (tertiary/aromatic N) is 2. The van der Waals surface area contributed by atoms with E-state index in [2.05, 4.69) is 43.4 Å². The quantitative estimate of drug-likeness (QED) is 0.556. The molecule has 1 aliphatic rings. The summed E-state index contributed by atoms with van der Waals surface area (Å²) < 4.78 is 0. The van der Waals surface area contributed by atoms with Crippen molar-refractivity contribution < 1.29 is 0 Å². The molecule has 20 heavy (non-hydrogen) atoms. The Kier molecular flexibility index (Phi) is 8.67. The molecule has 0 aromatic heterocycles. The van der Waals surface area contributed by atoms with E-state index in [0.717, 1.165) is 37.4 Å². The van der Waals surface area contributed by atoms with Gasteiger partial charge in [0.2, 0.25) is 0 Å². The first-order valence-corrected chi connectivity index (χ1v) is 8.32. The van der Waals surface area contributed by atoms with Gasteiger partial charge in [-0.3, -0.25) is 4.99 Å². The first-order chi connectivity index (χ1) is 9.61. The molecule has 0 unspecified atom stereocenters. The Morgan fingerprint density at radius 1 is 1.25 bits per heavy atom. The largest absolute Gasteiger partial charge is 0.357 e. The number of piperidine rings is 1. The van der Waals surface area contributed by atoms with Crippen LogP contribution in [0, 0.1) is 11.8 Å². The summed E-state index contributed by atoms with van der Waals surface area (Å²) in [6.07, 6.45) is 5.10. The molecule has 4 heteroatoms. The lowest BCUT2D eigenvalue weighted by Gasteiger charge is -2.28. The number of guanidine groups is 1. The van der Waals surface area contributed by atoms with Crippen LogP contribution >= 0.6 is 0 Å². The Bertz CT molecular complexity index is 268. The molecule has 2 N–H and O–H groups in total. The van der Waals surface area contributed by atoms with E-state index in [4.69, 9.17) is 4.99 Å². The van der Waals surface area contributed by atoms with Gasteiger partial charge in [0.25, 0.3) is 0 Å². The smallest absolute Gasteiger partial charge is 0.191 e. The molecule has 0 radical (unpaired) electrons. The van der Waals surface area contributed by atoms with E-state index in [0.29, 0.717) is 0 Å². The fraction of sp³-hybridized carbons (Fsp3) is 0.938. The summed E-state index contributed by atoms with van der Waals surface area (Å²) in [5, 5.41) is 6.76. The maximum absolute atomic E-state index is 4.70. The maximum atomic E-state index is 4.70. The molecule has 1 saturated heterocycles. The van der Waals surface area contributed by atoms with E-state index in [1.165, 1.54) is 38.8 Å². The molecular weight excluding hydrogens is 248 g/mol. The van der Waals surface area contributed by atoms with Crippen LogP contribution in [-0.2, 0) is 0 Å². The second-order valence-electron chi connectivity index (χ2n) is 6.41. The van der Waals surface area contributed by atoms with Gasteiger partial charge >= 0.3 is 0 Å². The molecule has 1 heterocycles. The van der Waals surface area contributed by atoms with Crippen LogP contribution in [0.1, 0.15) is 46.5 Å². The third-order valence-electron chi connectivity index (χ3n) is 4.00. The predicted molar refractivity (Wildman–Crippen MR) is 88.3 cm³/mol. The van der Waals surface area contributed by atoms with Crippen molar-refractivity contribution in [2.75, 3.05) is 39.8 Å². The minimum atomic E-state index is 0.740. The van der Waals surface area contributed by atoms with Gasteiger partial charge in [-0.1, -0.05) is 13.8 Å². The molecule has 0 amide bonds. The number of nitrogens with one attached hydrogen (secondary N) is 2. The van der Waals surface area contributed by atoms with Crippen molar-refractivity contribution in [1.29, 1.82) is 0 Å². The van der Waals surface area contributed by atoms with Crippen LogP contribution in [0.25, 0.3) is 0 Å². The van der Waals surface area contributed by atoms with Crippen LogP contribution in [-0.4, -0.2) is 50.6 Å². The summed E-state index contributed by atoms with van der Waals surface area (Å²) in [6, 6.07) is 0. The molecule has 0 atom stereocenters. The summed E-state index contributed by atoms with van der Waals surface area (Å²) in [7, 11) is 2.22. The molecule has 0 bridgehead atoms. The molecular formula is C16H34N4. The average Bonchev–Trinajstić information content (AvgIpc) is 2.40. The molecule has 118 valence electrons. The van der Waals surface area contributed by atoms with Crippen molar-refractivity contribution in [3.8, 4) is 0 Å². The van der Waals surface area contributed by atoms with E-state index in [-0.39, 0.29) is 0 Å². The van der Waals surface area contributed by atoms with Gasteiger partial charge in [0.05, 0.1) is 0 Å². The molecule has 0 aliphatic carbocycles. The Balaban J connectivity index is 2.23. The summed E-state index contributed by atoms with van der Waals surface area (Å²) in [5.41, 5.74) is 0. The van der Waals surface area contributed by atoms with E-state index < -0.39 is 0 Å². The van der Waals surface area contributed by atoms with Crippen LogP contribution in [0.3, 0.4) is 0 Å². The van der Waals surface area contributed by atoms with Gasteiger partial charge in [-0.15, -0.1) is 0 Å². The van der Waals surface area contributed by atoms with Crippen molar-refractivity contribution in [2.24, 2.45) is 16.8 Å². The minimum Gasteiger partial charge on any atom is -0.357 e. The lowest BCUT2D eigenvalue weighted by molar-refractivity contribution is 0.214. The van der Waals surface area contributed by atoms with Crippen LogP contribution < -0.4 is 10.6 Å². The van der Waals surface area contributed by atoms with Crippen molar-refractivity contribution in [3.63, 3.8) is 0 Å². The molecule has 0 aromatic rings. The number of likely N-dealkylation sites (tertiary alicyclic amines) is 1. The first-order valence-electron chi connectivity index (χ1n) is 8.32. The first kappa shape index (κ1) is 17.3. The van der Waals surface area contributed by atoms with Crippen molar-refractivity contribution in [3.05, 3.63) is 0 Å². The van der Waals surface area contributed by atoms with Crippen LogP contribution in [0.2, 0.25) is 0 Å². The van der Waals surface area contributed by atoms with Gasteiger partial charge in [0.1, 0.15) is 0 Å². The van der Waals surface area contributed by atoms with Gasteiger partial charge in [0, 0.05) is 19.6 Å². The fourth-order valence-electron chi connectivity index (χ4n) is 2.53. The molecule has 4 nitrogen and oxygen atoms in total. The SMILES string of the molecule is CCNC(=NCCC1CCN(C)CC1)NCCC(C)C. The average molecular weight is 282 g/mol. The number of hydrogen-bond donors (Lipinski definition) is 2. The summed E-state index contributed by atoms with van der Waals surface area (Å²) >= 11 is 0. The normalized spacial score (nSPS) is 18.6. The summed E-state index contributed by atoms with van der Waals surface area (Å²) in [4.78, 5) is 7.13. The fourth-order valence-corrected chi connectivity index (χ4v) is 2.53. The summed E-state index contributed by atoms with van der Waals surface area (Å²) in [6.45, 7) is 12.0. The zero-order chi connectivity index (χ0) is 14.8. The van der Waals surface area contributed by atoms with Crippen LogP contribution in [0.15, 0.2) is 4.99 Å². The Morgan fingerprint density at radius 3 is 2.55 bits per heavy atom. The van der Waals surface area contributed by atoms with Crippen LogP contribution in [0.5, 0.6) is 0 Å². The van der Waals surface area contributed by atoms with E-state index in [9.17, 15) is 0 Å². The van der Waals surface area contributed by atoms with E-state index in [1.807, 2.05) is 0 Å². The zero-order valence-electron chi connectivity index (χ0n) is 13.9. The monoisotopic (exact) mass is 282 g/mol. The second kappa shape index (κ2) is 10.0. The lowest BCUT2D eigenvalue weighted by Crippen LogP contribution is -2.38. The molecule has 1 rings (SSSR count). The van der Waals surface area contributed by atoms with Crippen molar-refractivity contribution in [2.45, 2.75) is 46.5 Å². The highest BCUT2D eigenvalue weighted by Gasteiger charge is 2.15. The van der Waals surface area contributed by atoms with E-state index >= 15 is 0 Å². The molecule has 1 fully saturated rings. The van der Waals surface area contributed by atoms with E-state index in [1.54, 1.807) is 0 Å². The topological polar surface area (TPSA) is 39.7 Å². The van der Waals surface area contributed by atoms with Gasteiger partial charge < -0.3 is 15.5 Å². The standard InChI is InChI=1S/C16H34N4/c1-5-17-16(18-10-6-14(2)3)19-11-7-15-8-12-20(4)13-9-15/h14-15H,5-13H2,1-4H3,(H2,17,18,19). The third kappa shape index (κ3) is 7.73. The van der Waals surface area contributed by atoms with Crippen molar-refractivity contribution in [1.82, 2.24) is 15.5 Å².